The molecular formula is C27H27N5O2. The number of aromatic amines is 1. The van der Waals surface area contributed by atoms with Gasteiger partial charge in [0.1, 0.15) is 0 Å². The highest BCUT2D eigenvalue weighted by Crippen LogP contribution is 2.43. The van der Waals surface area contributed by atoms with Crippen LogP contribution in [0.5, 0.6) is 0 Å². The van der Waals surface area contributed by atoms with Crippen LogP contribution in [0, 0.1) is 34.0 Å². The summed E-state index contributed by atoms with van der Waals surface area (Å²) in [6, 6.07) is 19.4. The second kappa shape index (κ2) is 10.3. The van der Waals surface area contributed by atoms with Crippen LogP contribution in [0.25, 0.3) is 0 Å². The van der Waals surface area contributed by atoms with E-state index in [0.717, 1.165) is 29.9 Å². The summed E-state index contributed by atoms with van der Waals surface area (Å²) >= 11 is 0. The van der Waals surface area contributed by atoms with Crippen molar-refractivity contribution in [1.29, 1.82) is 10.5 Å². The van der Waals surface area contributed by atoms with Crippen molar-refractivity contribution in [3.05, 3.63) is 89.0 Å². The number of rotatable bonds is 7. The SMILES string of the molecule is COC(=O)C1(Cc2cccc(C#N)c2)CCN(Cc2cnc[nH]2)CC1Cc1ccc(C#N)cc1. The Bertz CT molecular complexity index is 1210. The summed E-state index contributed by atoms with van der Waals surface area (Å²) in [5.74, 6) is -0.231. The summed E-state index contributed by atoms with van der Waals surface area (Å²) < 4.78 is 5.39. The molecule has 2 heterocycles. The minimum Gasteiger partial charge on any atom is -0.469 e. The minimum atomic E-state index is -0.721. The number of hydrogen-bond donors (Lipinski definition) is 1. The van der Waals surface area contributed by atoms with Gasteiger partial charge in [0.25, 0.3) is 0 Å². The maximum atomic E-state index is 13.4. The molecule has 7 nitrogen and oxygen atoms in total. The zero-order chi connectivity index (χ0) is 24.0. The molecule has 1 aliphatic heterocycles. The Balaban J connectivity index is 1.68. The van der Waals surface area contributed by atoms with Gasteiger partial charge >= 0.3 is 5.97 Å². The first-order valence-corrected chi connectivity index (χ1v) is 11.3. The van der Waals surface area contributed by atoms with E-state index in [-0.39, 0.29) is 11.9 Å². The zero-order valence-corrected chi connectivity index (χ0v) is 19.2. The largest absolute Gasteiger partial charge is 0.469 e. The quantitative estimate of drug-likeness (QED) is 0.548. The number of benzene rings is 2. The van der Waals surface area contributed by atoms with Gasteiger partial charge < -0.3 is 9.72 Å². The highest BCUT2D eigenvalue weighted by Gasteiger charge is 2.49. The molecule has 1 aliphatic rings. The number of nitrogens with one attached hydrogen (secondary N) is 1. The summed E-state index contributed by atoms with van der Waals surface area (Å²) in [7, 11) is 1.45. The Labute approximate surface area is 199 Å². The number of nitriles is 2. The Hall–Kier alpha value is -3.94. The van der Waals surface area contributed by atoms with Crippen molar-refractivity contribution in [3.8, 4) is 12.1 Å². The second-order valence-electron chi connectivity index (χ2n) is 8.91. The molecule has 1 aromatic heterocycles. The fraction of sp³-hybridized carbons (Fsp3) is 0.333. The third kappa shape index (κ3) is 5.01. The van der Waals surface area contributed by atoms with Crippen molar-refractivity contribution in [2.24, 2.45) is 11.3 Å². The Morgan fingerprint density at radius 1 is 1.18 bits per heavy atom. The average Bonchev–Trinajstić information content (AvgIpc) is 3.39. The molecule has 2 unspecified atom stereocenters. The maximum absolute atomic E-state index is 13.4. The Kier molecular flexibility index (Phi) is 7.06. The number of piperidine rings is 1. The molecule has 0 amide bonds. The number of hydrogen-bond acceptors (Lipinski definition) is 6. The molecule has 0 bridgehead atoms. The van der Waals surface area contributed by atoms with Crippen molar-refractivity contribution in [2.45, 2.75) is 25.8 Å². The van der Waals surface area contributed by atoms with Crippen LogP contribution < -0.4 is 0 Å². The fourth-order valence-electron chi connectivity index (χ4n) is 5.05. The van der Waals surface area contributed by atoms with Gasteiger partial charge in [0.05, 0.1) is 42.1 Å². The molecule has 4 rings (SSSR count). The first-order chi connectivity index (χ1) is 16.6. The average molecular weight is 454 g/mol. The van der Waals surface area contributed by atoms with E-state index in [1.54, 1.807) is 12.4 Å². The molecule has 2 aromatic carbocycles. The minimum absolute atomic E-state index is 0.0182. The van der Waals surface area contributed by atoms with Gasteiger partial charge in [-0.1, -0.05) is 24.3 Å². The number of nitrogens with zero attached hydrogens (tertiary/aromatic N) is 4. The van der Waals surface area contributed by atoms with E-state index in [4.69, 9.17) is 10.00 Å². The molecule has 3 aromatic rings. The molecule has 7 heteroatoms. The number of aromatic nitrogens is 2. The monoisotopic (exact) mass is 453 g/mol. The summed E-state index contributed by atoms with van der Waals surface area (Å²) in [5, 5.41) is 18.5. The number of methoxy groups -OCH3 is 1. The van der Waals surface area contributed by atoms with Crippen molar-refractivity contribution >= 4 is 5.97 Å². The van der Waals surface area contributed by atoms with Crippen molar-refractivity contribution in [1.82, 2.24) is 14.9 Å². The lowest BCUT2D eigenvalue weighted by molar-refractivity contribution is -0.161. The molecule has 0 spiro atoms. The van der Waals surface area contributed by atoms with E-state index in [1.165, 1.54) is 7.11 Å². The number of imidazole rings is 1. The second-order valence-corrected chi connectivity index (χ2v) is 8.91. The first-order valence-electron chi connectivity index (χ1n) is 11.3. The highest BCUT2D eigenvalue weighted by molar-refractivity contribution is 5.78. The Morgan fingerprint density at radius 3 is 2.65 bits per heavy atom. The normalized spacial score (nSPS) is 20.3. The topological polar surface area (TPSA) is 106 Å². The third-order valence-electron chi connectivity index (χ3n) is 6.82. The van der Waals surface area contributed by atoms with Crippen LogP contribution in [0.3, 0.4) is 0 Å². The molecule has 0 saturated carbocycles. The predicted molar refractivity (Wildman–Crippen MR) is 126 cm³/mol. The van der Waals surface area contributed by atoms with E-state index in [1.807, 2.05) is 48.7 Å². The van der Waals surface area contributed by atoms with E-state index >= 15 is 0 Å². The maximum Gasteiger partial charge on any atom is 0.312 e. The lowest BCUT2D eigenvalue weighted by Crippen LogP contribution is -2.53. The molecular weight excluding hydrogens is 426 g/mol. The first kappa shape index (κ1) is 23.2. The van der Waals surface area contributed by atoms with Gasteiger partial charge in [-0.3, -0.25) is 9.69 Å². The summed E-state index contributed by atoms with van der Waals surface area (Å²) in [6.45, 7) is 2.19. The number of likely N-dealkylation sites (tertiary alicyclic amines) is 1. The number of H-pyrrole nitrogens is 1. The lowest BCUT2D eigenvalue weighted by Gasteiger charge is -2.46. The van der Waals surface area contributed by atoms with E-state index in [9.17, 15) is 10.1 Å². The van der Waals surface area contributed by atoms with Gasteiger partial charge in [-0.15, -0.1) is 0 Å². The highest BCUT2D eigenvalue weighted by atomic mass is 16.5. The third-order valence-corrected chi connectivity index (χ3v) is 6.82. The molecule has 1 saturated heterocycles. The fourth-order valence-corrected chi connectivity index (χ4v) is 5.05. The van der Waals surface area contributed by atoms with E-state index < -0.39 is 5.41 Å². The zero-order valence-electron chi connectivity index (χ0n) is 19.2. The lowest BCUT2D eigenvalue weighted by atomic mass is 9.64. The molecule has 1 fully saturated rings. The smallest absolute Gasteiger partial charge is 0.312 e. The van der Waals surface area contributed by atoms with Gasteiger partial charge in [0.2, 0.25) is 0 Å². The van der Waals surface area contributed by atoms with Gasteiger partial charge in [0.15, 0.2) is 0 Å². The van der Waals surface area contributed by atoms with Crippen LogP contribution in [0.1, 0.15) is 34.4 Å². The molecule has 0 radical (unpaired) electrons. The molecule has 34 heavy (non-hydrogen) atoms. The number of esters is 1. The number of carbonyl (C=O) groups excluding carboxylic acids is 1. The van der Waals surface area contributed by atoms with Crippen molar-refractivity contribution in [2.75, 3.05) is 20.2 Å². The van der Waals surface area contributed by atoms with Crippen LogP contribution in [-0.2, 0) is 28.9 Å². The van der Waals surface area contributed by atoms with E-state index in [2.05, 4.69) is 27.0 Å². The molecule has 0 aliphatic carbocycles. The number of carbonyl (C=O) groups is 1. The Morgan fingerprint density at radius 2 is 1.97 bits per heavy atom. The van der Waals surface area contributed by atoms with Crippen molar-refractivity contribution in [3.63, 3.8) is 0 Å². The summed E-state index contributed by atoms with van der Waals surface area (Å²) in [5.41, 5.74) is 3.53. The number of ether oxygens (including phenoxy) is 1. The molecule has 172 valence electrons. The molecule has 1 N–H and O–H groups in total. The van der Waals surface area contributed by atoms with Crippen LogP contribution in [0.2, 0.25) is 0 Å². The van der Waals surface area contributed by atoms with Gasteiger partial charge in [0, 0.05) is 25.0 Å². The van der Waals surface area contributed by atoms with Crippen LogP contribution >= 0.6 is 0 Å². The summed E-state index contributed by atoms with van der Waals surface area (Å²) in [4.78, 5) is 23.0. The van der Waals surface area contributed by atoms with Gasteiger partial charge in [-0.25, -0.2) is 4.98 Å². The van der Waals surface area contributed by atoms with Crippen molar-refractivity contribution < 1.29 is 9.53 Å². The van der Waals surface area contributed by atoms with Crippen LogP contribution in [0.15, 0.2) is 61.1 Å². The molecule has 2 atom stereocenters. The summed E-state index contributed by atoms with van der Waals surface area (Å²) in [6.07, 6.45) is 5.33. The van der Waals surface area contributed by atoms with Gasteiger partial charge in [-0.2, -0.15) is 10.5 Å². The standard InChI is InChI=1S/C27H27N5O2/c1-34-26(33)27(13-22-3-2-4-23(11-22)15-29)9-10-32(18-25-16-30-19-31-25)17-24(27)12-20-5-7-21(14-28)8-6-20/h2-8,11,16,19,24H,9-10,12-13,17-18H2,1H3,(H,30,31). The van der Waals surface area contributed by atoms with Crippen LogP contribution in [0.4, 0.5) is 0 Å². The van der Waals surface area contributed by atoms with Crippen LogP contribution in [-0.4, -0.2) is 41.0 Å². The van der Waals surface area contributed by atoms with E-state index in [0.29, 0.717) is 36.9 Å². The predicted octanol–water partition coefficient (Wildman–Crippen LogP) is 3.62. The van der Waals surface area contributed by atoms with Gasteiger partial charge in [-0.05, 0) is 67.1 Å².